The molecule has 0 unspecified atom stereocenters. The first-order valence-corrected chi connectivity index (χ1v) is 6.47. The van der Waals surface area contributed by atoms with Gasteiger partial charge in [0.15, 0.2) is 0 Å². The minimum Gasteiger partial charge on any atom is -0.263 e. The maximum atomic E-state index is 4.18. The molecule has 1 nitrogen and oxygen atoms in total. The van der Waals surface area contributed by atoms with Gasteiger partial charge in [0, 0.05) is 22.4 Å². The largest absolute Gasteiger partial charge is 0.263 e. The van der Waals surface area contributed by atoms with Gasteiger partial charge in [-0.1, -0.05) is 45.0 Å². The third-order valence-corrected chi connectivity index (χ3v) is 3.22. The fraction of sp³-hybridized carbons (Fsp3) is 0.267. The SMILES string of the molecule is CC(C)(C)c1ccc(-c2cncc(Br)c2)cc1. The van der Waals surface area contributed by atoms with Crippen molar-refractivity contribution in [2.45, 2.75) is 26.2 Å². The van der Waals surface area contributed by atoms with E-state index in [1.54, 1.807) is 6.20 Å². The fourth-order valence-corrected chi connectivity index (χ4v) is 2.10. The maximum absolute atomic E-state index is 4.18. The molecule has 0 spiro atoms. The van der Waals surface area contributed by atoms with Crippen molar-refractivity contribution < 1.29 is 0 Å². The number of hydrogen-bond acceptors (Lipinski definition) is 1. The molecule has 2 rings (SSSR count). The van der Waals surface area contributed by atoms with Gasteiger partial charge >= 0.3 is 0 Å². The van der Waals surface area contributed by atoms with Crippen molar-refractivity contribution in [3.05, 3.63) is 52.8 Å². The standard InChI is InChI=1S/C15H16BrN/c1-15(2,3)13-6-4-11(5-7-13)12-8-14(16)10-17-9-12/h4-10H,1-3H3. The van der Waals surface area contributed by atoms with Gasteiger partial charge in [-0.25, -0.2) is 0 Å². The zero-order chi connectivity index (χ0) is 12.5. The highest BCUT2D eigenvalue weighted by Crippen LogP contribution is 2.26. The van der Waals surface area contributed by atoms with Crippen LogP contribution in [0.5, 0.6) is 0 Å². The quantitative estimate of drug-likeness (QED) is 0.734. The van der Waals surface area contributed by atoms with E-state index in [2.05, 4.69) is 72.0 Å². The lowest BCUT2D eigenvalue weighted by Crippen LogP contribution is -2.10. The number of hydrogen-bond donors (Lipinski definition) is 0. The van der Waals surface area contributed by atoms with Crippen LogP contribution in [0.25, 0.3) is 11.1 Å². The third-order valence-electron chi connectivity index (χ3n) is 2.79. The molecule has 0 saturated heterocycles. The van der Waals surface area contributed by atoms with Crippen LogP contribution in [0, 0.1) is 0 Å². The van der Waals surface area contributed by atoms with E-state index in [1.807, 2.05) is 6.20 Å². The van der Waals surface area contributed by atoms with E-state index in [-0.39, 0.29) is 5.41 Å². The Labute approximate surface area is 111 Å². The molecule has 0 atom stereocenters. The predicted octanol–water partition coefficient (Wildman–Crippen LogP) is 4.81. The summed E-state index contributed by atoms with van der Waals surface area (Å²) in [5, 5.41) is 0. The topological polar surface area (TPSA) is 12.9 Å². The van der Waals surface area contributed by atoms with Crippen molar-refractivity contribution in [1.29, 1.82) is 0 Å². The molecule has 0 aliphatic carbocycles. The molecule has 88 valence electrons. The van der Waals surface area contributed by atoms with Crippen LogP contribution in [-0.2, 0) is 5.41 Å². The molecule has 2 aromatic rings. The predicted molar refractivity (Wildman–Crippen MR) is 76.1 cm³/mol. The molecular weight excluding hydrogens is 274 g/mol. The van der Waals surface area contributed by atoms with Crippen LogP contribution in [-0.4, -0.2) is 4.98 Å². The minimum atomic E-state index is 0.202. The van der Waals surface area contributed by atoms with Crippen LogP contribution >= 0.6 is 15.9 Å². The van der Waals surface area contributed by atoms with E-state index in [1.165, 1.54) is 11.1 Å². The molecule has 1 aromatic carbocycles. The lowest BCUT2D eigenvalue weighted by Gasteiger charge is -2.19. The van der Waals surface area contributed by atoms with Crippen molar-refractivity contribution in [2.75, 3.05) is 0 Å². The molecule has 1 heterocycles. The lowest BCUT2D eigenvalue weighted by atomic mass is 9.86. The second-order valence-electron chi connectivity index (χ2n) is 5.22. The van der Waals surface area contributed by atoms with Crippen LogP contribution in [0.4, 0.5) is 0 Å². The smallest absolute Gasteiger partial charge is 0.0410 e. The van der Waals surface area contributed by atoms with Gasteiger partial charge in [0.2, 0.25) is 0 Å². The second-order valence-corrected chi connectivity index (χ2v) is 6.13. The average Bonchev–Trinajstić information content (AvgIpc) is 2.28. The van der Waals surface area contributed by atoms with E-state index < -0.39 is 0 Å². The van der Waals surface area contributed by atoms with Gasteiger partial charge < -0.3 is 0 Å². The summed E-state index contributed by atoms with van der Waals surface area (Å²) in [4.78, 5) is 4.18. The van der Waals surface area contributed by atoms with Crippen LogP contribution in [0.3, 0.4) is 0 Å². The summed E-state index contributed by atoms with van der Waals surface area (Å²) in [6.45, 7) is 6.67. The first-order valence-electron chi connectivity index (χ1n) is 5.68. The first-order chi connectivity index (χ1) is 7.97. The van der Waals surface area contributed by atoms with Gasteiger partial charge in [0.05, 0.1) is 0 Å². The summed E-state index contributed by atoms with van der Waals surface area (Å²) in [5.41, 5.74) is 3.89. The van der Waals surface area contributed by atoms with Crippen molar-refractivity contribution in [3.63, 3.8) is 0 Å². The van der Waals surface area contributed by atoms with Crippen LogP contribution < -0.4 is 0 Å². The zero-order valence-corrected chi connectivity index (χ0v) is 12.0. The van der Waals surface area contributed by atoms with Crippen LogP contribution in [0.2, 0.25) is 0 Å². The molecule has 0 aliphatic rings. The van der Waals surface area contributed by atoms with E-state index >= 15 is 0 Å². The summed E-state index contributed by atoms with van der Waals surface area (Å²) in [7, 11) is 0. The Bertz CT molecular complexity index is 509. The highest BCUT2D eigenvalue weighted by Gasteiger charge is 2.12. The Morgan fingerprint density at radius 2 is 1.59 bits per heavy atom. The maximum Gasteiger partial charge on any atom is 0.0410 e. The molecule has 2 heteroatoms. The van der Waals surface area contributed by atoms with E-state index in [4.69, 9.17) is 0 Å². The number of nitrogens with zero attached hydrogens (tertiary/aromatic N) is 1. The van der Waals surface area contributed by atoms with Crippen LogP contribution in [0.1, 0.15) is 26.3 Å². The van der Waals surface area contributed by atoms with Gasteiger partial charge in [-0.15, -0.1) is 0 Å². The Hall–Kier alpha value is -1.15. The molecule has 0 bridgehead atoms. The summed E-state index contributed by atoms with van der Waals surface area (Å²) < 4.78 is 1.01. The molecule has 0 N–H and O–H groups in total. The molecule has 0 aliphatic heterocycles. The normalized spacial score (nSPS) is 11.5. The summed E-state index contributed by atoms with van der Waals surface area (Å²) in [6.07, 6.45) is 3.68. The Morgan fingerprint density at radius 1 is 0.941 bits per heavy atom. The van der Waals surface area contributed by atoms with Gasteiger partial charge in [-0.3, -0.25) is 4.98 Å². The summed E-state index contributed by atoms with van der Waals surface area (Å²) in [5.74, 6) is 0. The Morgan fingerprint density at radius 3 is 2.12 bits per heavy atom. The molecule has 0 radical (unpaired) electrons. The Kier molecular flexibility index (Phi) is 3.34. The fourth-order valence-electron chi connectivity index (χ4n) is 1.73. The molecule has 0 saturated carbocycles. The van der Waals surface area contributed by atoms with Gasteiger partial charge in [0.25, 0.3) is 0 Å². The third kappa shape index (κ3) is 2.95. The van der Waals surface area contributed by atoms with E-state index in [0.29, 0.717) is 0 Å². The Balaban J connectivity index is 2.36. The number of pyridine rings is 1. The molecular formula is C15H16BrN. The van der Waals surface area contributed by atoms with Gasteiger partial charge in [-0.05, 0) is 38.5 Å². The first kappa shape index (κ1) is 12.3. The van der Waals surface area contributed by atoms with Crippen molar-refractivity contribution in [3.8, 4) is 11.1 Å². The lowest BCUT2D eigenvalue weighted by molar-refractivity contribution is 0.590. The van der Waals surface area contributed by atoms with Crippen LogP contribution in [0.15, 0.2) is 47.2 Å². The minimum absolute atomic E-state index is 0.202. The summed E-state index contributed by atoms with van der Waals surface area (Å²) >= 11 is 3.44. The monoisotopic (exact) mass is 289 g/mol. The second kappa shape index (κ2) is 4.61. The van der Waals surface area contributed by atoms with E-state index in [0.717, 1.165) is 10.0 Å². The van der Waals surface area contributed by atoms with Gasteiger partial charge in [-0.2, -0.15) is 0 Å². The number of rotatable bonds is 1. The number of aromatic nitrogens is 1. The van der Waals surface area contributed by atoms with Crippen molar-refractivity contribution >= 4 is 15.9 Å². The highest BCUT2D eigenvalue weighted by molar-refractivity contribution is 9.10. The number of benzene rings is 1. The molecule has 17 heavy (non-hydrogen) atoms. The van der Waals surface area contributed by atoms with Crippen molar-refractivity contribution in [2.24, 2.45) is 0 Å². The number of halogens is 1. The van der Waals surface area contributed by atoms with Gasteiger partial charge in [0.1, 0.15) is 0 Å². The average molecular weight is 290 g/mol. The molecule has 0 fully saturated rings. The van der Waals surface area contributed by atoms with E-state index in [9.17, 15) is 0 Å². The van der Waals surface area contributed by atoms with Crippen molar-refractivity contribution in [1.82, 2.24) is 4.98 Å². The zero-order valence-electron chi connectivity index (χ0n) is 10.4. The summed E-state index contributed by atoms with van der Waals surface area (Å²) in [6, 6.07) is 10.8. The molecule has 1 aromatic heterocycles. The molecule has 0 amide bonds. The highest BCUT2D eigenvalue weighted by atomic mass is 79.9.